The largest absolute Gasteiger partial charge is 0.308 e. The number of anilines is 2. The van der Waals surface area contributed by atoms with E-state index in [-0.39, 0.29) is 11.7 Å². The number of halogens is 1. The molecule has 21 heavy (non-hydrogen) atoms. The van der Waals surface area contributed by atoms with Crippen molar-refractivity contribution in [1.29, 1.82) is 0 Å². The topological polar surface area (TPSA) is 92.9 Å². The number of nitrogen functional groups attached to an aromatic ring is 1. The molecule has 0 fully saturated rings. The lowest BCUT2D eigenvalue weighted by Crippen LogP contribution is -2.16. The number of carbonyl (C=O) groups is 1. The Kier molecular flexibility index (Phi) is 4.78. The number of pyridine rings is 2. The van der Waals surface area contributed by atoms with Crippen molar-refractivity contribution in [2.75, 3.05) is 10.7 Å². The SMILES string of the molecule is CCCc1cc(C(=O)Nc2ccc(F)cn2)cc(NN)n1. The predicted octanol–water partition coefficient (Wildman–Crippen LogP) is 2.11. The van der Waals surface area contributed by atoms with Crippen molar-refractivity contribution in [3.05, 3.63) is 47.5 Å². The van der Waals surface area contributed by atoms with Crippen LogP contribution in [0.5, 0.6) is 0 Å². The Bertz CT molecular complexity index is 630. The van der Waals surface area contributed by atoms with E-state index in [4.69, 9.17) is 5.84 Å². The highest BCUT2D eigenvalue weighted by atomic mass is 19.1. The fraction of sp³-hybridized carbons (Fsp3) is 0.214. The Morgan fingerprint density at radius 2 is 2.14 bits per heavy atom. The van der Waals surface area contributed by atoms with Gasteiger partial charge in [0.1, 0.15) is 17.5 Å². The number of amides is 1. The van der Waals surface area contributed by atoms with Gasteiger partial charge in [0, 0.05) is 11.3 Å². The molecule has 0 bridgehead atoms. The summed E-state index contributed by atoms with van der Waals surface area (Å²) in [6.07, 6.45) is 2.68. The van der Waals surface area contributed by atoms with Crippen molar-refractivity contribution < 1.29 is 9.18 Å². The number of nitrogens with one attached hydrogen (secondary N) is 2. The van der Waals surface area contributed by atoms with Crippen molar-refractivity contribution in [3.8, 4) is 0 Å². The van der Waals surface area contributed by atoms with Crippen LogP contribution in [0.2, 0.25) is 0 Å². The summed E-state index contributed by atoms with van der Waals surface area (Å²) < 4.78 is 12.8. The highest BCUT2D eigenvalue weighted by Crippen LogP contribution is 2.13. The summed E-state index contributed by atoms with van der Waals surface area (Å²) in [6, 6.07) is 5.86. The van der Waals surface area contributed by atoms with E-state index in [1.807, 2.05) is 6.92 Å². The van der Waals surface area contributed by atoms with Gasteiger partial charge in [0.25, 0.3) is 5.91 Å². The normalized spacial score (nSPS) is 10.2. The molecule has 0 aromatic carbocycles. The third kappa shape index (κ3) is 3.96. The van der Waals surface area contributed by atoms with E-state index in [0.717, 1.165) is 24.7 Å². The third-order valence-electron chi connectivity index (χ3n) is 2.76. The first-order chi connectivity index (χ1) is 10.1. The molecule has 0 unspecified atom stereocenters. The zero-order valence-corrected chi connectivity index (χ0v) is 11.6. The molecular weight excluding hydrogens is 273 g/mol. The van der Waals surface area contributed by atoms with Gasteiger partial charge in [0.2, 0.25) is 0 Å². The molecule has 6 nitrogen and oxygen atoms in total. The van der Waals surface area contributed by atoms with Crippen molar-refractivity contribution in [1.82, 2.24) is 9.97 Å². The van der Waals surface area contributed by atoms with Gasteiger partial charge in [-0.25, -0.2) is 20.2 Å². The lowest BCUT2D eigenvalue weighted by Gasteiger charge is -2.08. The number of nitrogens with two attached hydrogens (primary N) is 1. The van der Waals surface area contributed by atoms with E-state index >= 15 is 0 Å². The molecule has 0 spiro atoms. The quantitative estimate of drug-likeness (QED) is 0.579. The summed E-state index contributed by atoms with van der Waals surface area (Å²) in [7, 11) is 0. The van der Waals surface area contributed by atoms with E-state index in [9.17, 15) is 9.18 Å². The number of hydrazine groups is 1. The molecular formula is C14H16FN5O. The Labute approximate surface area is 121 Å². The van der Waals surface area contributed by atoms with Crippen LogP contribution in [0.15, 0.2) is 30.5 Å². The molecule has 110 valence electrons. The molecule has 2 rings (SSSR count). The Balaban J connectivity index is 2.21. The van der Waals surface area contributed by atoms with Gasteiger partial charge in [0.05, 0.1) is 6.20 Å². The van der Waals surface area contributed by atoms with E-state index in [1.165, 1.54) is 18.2 Å². The average Bonchev–Trinajstić information content (AvgIpc) is 2.49. The third-order valence-corrected chi connectivity index (χ3v) is 2.76. The predicted molar refractivity (Wildman–Crippen MR) is 78.2 cm³/mol. The van der Waals surface area contributed by atoms with E-state index in [0.29, 0.717) is 11.4 Å². The number of aryl methyl sites for hydroxylation is 1. The van der Waals surface area contributed by atoms with Crippen LogP contribution in [0, 0.1) is 5.82 Å². The standard InChI is InChI=1S/C14H16FN5O/c1-2-3-11-6-9(7-13(18-11)20-16)14(21)19-12-5-4-10(15)8-17-12/h4-8H,2-3,16H2,1H3,(H,18,20)(H,17,19,21). The molecule has 0 aliphatic carbocycles. The molecule has 0 aliphatic rings. The molecule has 0 saturated heterocycles. The van der Waals surface area contributed by atoms with Crippen LogP contribution in [-0.4, -0.2) is 15.9 Å². The molecule has 7 heteroatoms. The van der Waals surface area contributed by atoms with Gasteiger partial charge in [-0.05, 0) is 30.7 Å². The van der Waals surface area contributed by atoms with Gasteiger partial charge in [-0.15, -0.1) is 0 Å². The minimum Gasteiger partial charge on any atom is -0.308 e. The van der Waals surface area contributed by atoms with Crippen LogP contribution in [0.1, 0.15) is 29.4 Å². The Hall–Kier alpha value is -2.54. The van der Waals surface area contributed by atoms with Gasteiger partial charge in [-0.3, -0.25) is 4.79 Å². The Morgan fingerprint density at radius 1 is 1.33 bits per heavy atom. The Morgan fingerprint density at radius 3 is 2.76 bits per heavy atom. The van der Waals surface area contributed by atoms with Crippen molar-refractivity contribution in [2.24, 2.45) is 5.84 Å². The van der Waals surface area contributed by atoms with Crippen molar-refractivity contribution in [2.45, 2.75) is 19.8 Å². The van der Waals surface area contributed by atoms with Gasteiger partial charge in [-0.2, -0.15) is 0 Å². The maximum Gasteiger partial charge on any atom is 0.257 e. The molecule has 2 heterocycles. The van der Waals surface area contributed by atoms with Crippen LogP contribution < -0.4 is 16.6 Å². The maximum atomic E-state index is 12.8. The minimum absolute atomic E-state index is 0.275. The molecule has 0 saturated carbocycles. The molecule has 0 radical (unpaired) electrons. The van der Waals surface area contributed by atoms with E-state index < -0.39 is 5.82 Å². The van der Waals surface area contributed by atoms with Gasteiger partial charge in [-0.1, -0.05) is 13.3 Å². The number of carbonyl (C=O) groups excluding carboxylic acids is 1. The fourth-order valence-electron chi connectivity index (χ4n) is 1.82. The highest BCUT2D eigenvalue weighted by Gasteiger charge is 2.10. The number of rotatable bonds is 5. The molecule has 1 amide bonds. The smallest absolute Gasteiger partial charge is 0.257 e. The summed E-state index contributed by atoms with van der Waals surface area (Å²) in [4.78, 5) is 20.2. The minimum atomic E-state index is -0.461. The van der Waals surface area contributed by atoms with E-state index in [2.05, 4.69) is 20.7 Å². The zero-order chi connectivity index (χ0) is 15.2. The lowest BCUT2D eigenvalue weighted by atomic mass is 10.1. The summed E-state index contributed by atoms with van der Waals surface area (Å²) in [5.41, 5.74) is 3.61. The number of aromatic nitrogens is 2. The summed E-state index contributed by atoms with van der Waals surface area (Å²) in [5.74, 6) is 5.23. The van der Waals surface area contributed by atoms with Crippen molar-refractivity contribution >= 4 is 17.5 Å². The van der Waals surface area contributed by atoms with Crippen LogP contribution in [0.25, 0.3) is 0 Å². The maximum absolute atomic E-state index is 12.8. The zero-order valence-electron chi connectivity index (χ0n) is 11.6. The number of nitrogens with zero attached hydrogens (tertiary/aromatic N) is 2. The number of hydrogen-bond acceptors (Lipinski definition) is 5. The summed E-state index contributed by atoms with van der Waals surface area (Å²) >= 11 is 0. The second kappa shape index (κ2) is 6.76. The lowest BCUT2D eigenvalue weighted by molar-refractivity contribution is 0.102. The summed E-state index contributed by atoms with van der Waals surface area (Å²) in [5, 5.41) is 2.59. The first-order valence-corrected chi connectivity index (χ1v) is 6.53. The molecule has 4 N–H and O–H groups in total. The van der Waals surface area contributed by atoms with Crippen LogP contribution in [-0.2, 0) is 6.42 Å². The fourth-order valence-corrected chi connectivity index (χ4v) is 1.82. The first kappa shape index (κ1) is 14.9. The monoisotopic (exact) mass is 289 g/mol. The molecule has 0 atom stereocenters. The van der Waals surface area contributed by atoms with Crippen LogP contribution >= 0.6 is 0 Å². The second-order valence-electron chi connectivity index (χ2n) is 4.44. The van der Waals surface area contributed by atoms with Crippen LogP contribution in [0.4, 0.5) is 16.0 Å². The molecule has 2 aromatic heterocycles. The van der Waals surface area contributed by atoms with Crippen LogP contribution in [0.3, 0.4) is 0 Å². The highest BCUT2D eigenvalue weighted by molar-refractivity contribution is 6.04. The molecule has 2 aromatic rings. The van der Waals surface area contributed by atoms with E-state index in [1.54, 1.807) is 6.07 Å². The van der Waals surface area contributed by atoms with Crippen molar-refractivity contribution in [3.63, 3.8) is 0 Å². The van der Waals surface area contributed by atoms with Gasteiger partial charge >= 0.3 is 0 Å². The summed E-state index contributed by atoms with van der Waals surface area (Å²) in [6.45, 7) is 2.02. The first-order valence-electron chi connectivity index (χ1n) is 6.53. The average molecular weight is 289 g/mol. The van der Waals surface area contributed by atoms with Gasteiger partial charge in [0.15, 0.2) is 0 Å². The number of hydrogen-bond donors (Lipinski definition) is 3. The second-order valence-corrected chi connectivity index (χ2v) is 4.44. The molecule has 0 aliphatic heterocycles. The van der Waals surface area contributed by atoms with Gasteiger partial charge < -0.3 is 10.7 Å².